The Morgan fingerprint density at radius 1 is 1.38 bits per heavy atom. The maximum atomic E-state index is 11.6. The van der Waals surface area contributed by atoms with Gasteiger partial charge in [-0.3, -0.25) is 0 Å². The Hall–Kier alpha value is -1.62. The summed E-state index contributed by atoms with van der Waals surface area (Å²) in [6, 6.07) is 3.72. The molecule has 21 heavy (non-hydrogen) atoms. The molecule has 1 saturated heterocycles. The number of carbonyl (C=O) groups excluding carboxylic acids is 1. The summed E-state index contributed by atoms with van der Waals surface area (Å²) < 4.78 is 10.8. The first kappa shape index (κ1) is 15.8. The van der Waals surface area contributed by atoms with Crippen LogP contribution in [0.5, 0.6) is 0 Å². The smallest absolute Gasteiger partial charge is 0.339 e. The molecule has 0 spiro atoms. The van der Waals surface area contributed by atoms with Crippen molar-refractivity contribution in [3.05, 3.63) is 23.4 Å². The summed E-state index contributed by atoms with van der Waals surface area (Å²) in [6.45, 7) is 10.1. The summed E-state index contributed by atoms with van der Waals surface area (Å²) in [6.07, 6.45) is 0.902. The maximum Gasteiger partial charge on any atom is 0.339 e. The summed E-state index contributed by atoms with van der Waals surface area (Å²) >= 11 is 0. The van der Waals surface area contributed by atoms with E-state index in [0.717, 1.165) is 12.2 Å². The van der Waals surface area contributed by atoms with Gasteiger partial charge in [-0.2, -0.15) is 0 Å². The summed E-state index contributed by atoms with van der Waals surface area (Å²) in [5.74, 6) is 0.386. The van der Waals surface area contributed by atoms with Crippen LogP contribution in [0.15, 0.2) is 12.1 Å². The molecule has 1 fully saturated rings. The molecule has 2 rings (SSSR count). The Morgan fingerprint density at radius 2 is 2.05 bits per heavy atom. The van der Waals surface area contributed by atoms with Gasteiger partial charge in [0.2, 0.25) is 0 Å². The quantitative estimate of drug-likeness (QED) is 0.868. The number of nitrogens with zero attached hydrogens (tertiary/aromatic N) is 1. The molecule has 0 aromatic carbocycles. The van der Waals surface area contributed by atoms with E-state index in [0.29, 0.717) is 11.3 Å². The molecule has 5 heteroatoms. The van der Waals surface area contributed by atoms with Crippen LogP contribution >= 0.6 is 0 Å². The third-order valence-corrected chi connectivity index (χ3v) is 3.89. The lowest BCUT2D eigenvalue weighted by Crippen LogP contribution is -2.38. The van der Waals surface area contributed by atoms with E-state index in [-0.39, 0.29) is 23.2 Å². The number of esters is 1. The van der Waals surface area contributed by atoms with E-state index >= 15 is 0 Å². The highest BCUT2D eigenvalue weighted by molar-refractivity contribution is 5.90. The van der Waals surface area contributed by atoms with Gasteiger partial charge in [-0.15, -0.1) is 0 Å². The van der Waals surface area contributed by atoms with Crippen LogP contribution in [-0.2, 0) is 9.47 Å². The van der Waals surface area contributed by atoms with Crippen LogP contribution in [0, 0.1) is 6.92 Å². The molecule has 1 N–H and O–H groups in total. The lowest BCUT2D eigenvalue weighted by molar-refractivity contribution is -0.0662. The zero-order valence-electron chi connectivity index (χ0n) is 13.6. The Kier molecular flexibility index (Phi) is 3.97. The summed E-state index contributed by atoms with van der Waals surface area (Å²) in [7, 11) is 1.37. The molecule has 1 aliphatic heterocycles. The normalized spacial score (nSPS) is 22.9. The van der Waals surface area contributed by atoms with Gasteiger partial charge in [-0.25, -0.2) is 9.78 Å². The zero-order chi connectivity index (χ0) is 15.8. The van der Waals surface area contributed by atoms with Gasteiger partial charge in [0, 0.05) is 0 Å². The maximum absolute atomic E-state index is 11.6. The molecule has 5 nitrogen and oxygen atoms in total. The fraction of sp³-hybridized carbons (Fsp3) is 0.625. The molecule has 1 aliphatic rings. The largest absolute Gasteiger partial charge is 0.465 e. The van der Waals surface area contributed by atoms with Crippen LogP contribution < -0.4 is 5.32 Å². The first-order chi connectivity index (χ1) is 9.64. The molecule has 1 atom stereocenters. The predicted octanol–water partition coefficient (Wildman–Crippen LogP) is 2.93. The van der Waals surface area contributed by atoms with E-state index in [2.05, 4.69) is 38.0 Å². The van der Waals surface area contributed by atoms with Crippen molar-refractivity contribution in [1.29, 1.82) is 0 Å². The minimum atomic E-state index is -0.364. The van der Waals surface area contributed by atoms with Gasteiger partial charge in [-0.05, 0) is 53.2 Å². The van der Waals surface area contributed by atoms with Crippen molar-refractivity contribution in [3.8, 4) is 0 Å². The van der Waals surface area contributed by atoms with Crippen molar-refractivity contribution in [1.82, 2.24) is 4.98 Å². The topological polar surface area (TPSA) is 60.5 Å². The monoisotopic (exact) mass is 292 g/mol. The van der Waals surface area contributed by atoms with Gasteiger partial charge < -0.3 is 14.8 Å². The number of pyridine rings is 1. The second-order valence-electron chi connectivity index (χ2n) is 6.69. The molecule has 0 bridgehead atoms. The van der Waals surface area contributed by atoms with Crippen LogP contribution in [0.2, 0.25) is 0 Å². The second-order valence-corrected chi connectivity index (χ2v) is 6.69. The highest BCUT2D eigenvalue weighted by atomic mass is 16.5. The molecule has 0 radical (unpaired) electrons. The van der Waals surface area contributed by atoms with Crippen molar-refractivity contribution in [2.75, 3.05) is 12.4 Å². The molecule has 0 amide bonds. The molecular formula is C16H24N2O3. The standard InChI is InChI=1S/C16H24N2O3/c1-10-11(14(19)20-6)7-8-13(17-10)18-12-9-15(2,3)21-16(12,4)5/h7-8,12H,9H2,1-6H3,(H,17,18). The highest BCUT2D eigenvalue weighted by Crippen LogP contribution is 2.38. The third kappa shape index (κ3) is 3.35. The van der Waals surface area contributed by atoms with E-state index in [1.165, 1.54) is 7.11 Å². The minimum absolute atomic E-state index is 0.151. The second kappa shape index (κ2) is 5.30. The Labute approximate surface area is 126 Å². The molecule has 0 saturated carbocycles. The number of aryl methyl sites for hydroxylation is 1. The number of nitrogens with one attached hydrogen (secondary N) is 1. The molecule has 1 aromatic heterocycles. The molecule has 0 aliphatic carbocycles. The number of hydrogen-bond acceptors (Lipinski definition) is 5. The van der Waals surface area contributed by atoms with Crippen LogP contribution in [-0.4, -0.2) is 35.3 Å². The van der Waals surface area contributed by atoms with Crippen molar-refractivity contribution in [3.63, 3.8) is 0 Å². The van der Waals surface area contributed by atoms with Crippen molar-refractivity contribution < 1.29 is 14.3 Å². The minimum Gasteiger partial charge on any atom is -0.465 e. The summed E-state index contributed by atoms with van der Waals surface area (Å²) in [4.78, 5) is 16.0. The summed E-state index contributed by atoms with van der Waals surface area (Å²) in [5, 5.41) is 3.42. The predicted molar refractivity (Wildman–Crippen MR) is 81.6 cm³/mol. The van der Waals surface area contributed by atoms with Crippen molar-refractivity contribution >= 4 is 11.8 Å². The van der Waals surface area contributed by atoms with Crippen molar-refractivity contribution in [2.45, 2.75) is 58.3 Å². The number of ether oxygens (including phenoxy) is 2. The van der Waals surface area contributed by atoms with Gasteiger partial charge in [0.25, 0.3) is 0 Å². The first-order valence-corrected chi connectivity index (χ1v) is 7.17. The fourth-order valence-electron chi connectivity index (χ4n) is 2.93. The van der Waals surface area contributed by atoms with Crippen LogP contribution in [0.4, 0.5) is 5.82 Å². The van der Waals surface area contributed by atoms with Gasteiger partial charge in [0.05, 0.1) is 35.6 Å². The Bertz CT molecular complexity index is 552. The van der Waals surface area contributed by atoms with Gasteiger partial charge in [0.15, 0.2) is 0 Å². The third-order valence-electron chi connectivity index (χ3n) is 3.89. The molecular weight excluding hydrogens is 268 g/mol. The number of anilines is 1. The van der Waals surface area contributed by atoms with Crippen LogP contribution in [0.3, 0.4) is 0 Å². The van der Waals surface area contributed by atoms with E-state index in [9.17, 15) is 4.79 Å². The van der Waals surface area contributed by atoms with Crippen LogP contribution in [0.1, 0.15) is 50.2 Å². The van der Waals surface area contributed by atoms with E-state index in [1.54, 1.807) is 19.1 Å². The number of hydrogen-bond donors (Lipinski definition) is 1. The van der Waals surface area contributed by atoms with E-state index in [4.69, 9.17) is 9.47 Å². The van der Waals surface area contributed by atoms with Crippen LogP contribution in [0.25, 0.3) is 0 Å². The zero-order valence-corrected chi connectivity index (χ0v) is 13.6. The van der Waals surface area contributed by atoms with E-state index in [1.807, 2.05) is 0 Å². The number of methoxy groups -OCH3 is 1. The van der Waals surface area contributed by atoms with Gasteiger partial charge in [0.1, 0.15) is 5.82 Å². The lowest BCUT2D eigenvalue weighted by atomic mass is 9.94. The fourth-order valence-corrected chi connectivity index (χ4v) is 2.93. The average molecular weight is 292 g/mol. The van der Waals surface area contributed by atoms with Gasteiger partial charge in [-0.1, -0.05) is 0 Å². The Morgan fingerprint density at radius 3 is 2.52 bits per heavy atom. The number of rotatable bonds is 3. The van der Waals surface area contributed by atoms with E-state index < -0.39 is 0 Å². The Balaban J connectivity index is 2.18. The summed E-state index contributed by atoms with van der Waals surface area (Å²) in [5.41, 5.74) is 0.732. The first-order valence-electron chi connectivity index (χ1n) is 7.17. The molecule has 116 valence electrons. The highest BCUT2D eigenvalue weighted by Gasteiger charge is 2.45. The number of carbonyl (C=O) groups is 1. The molecule has 2 heterocycles. The molecule has 1 unspecified atom stereocenters. The number of aromatic nitrogens is 1. The lowest BCUT2D eigenvalue weighted by Gasteiger charge is -2.28. The molecule has 1 aromatic rings. The SMILES string of the molecule is COC(=O)c1ccc(NC2CC(C)(C)OC2(C)C)nc1C. The van der Waals surface area contributed by atoms with Gasteiger partial charge >= 0.3 is 5.97 Å². The van der Waals surface area contributed by atoms with Crippen molar-refractivity contribution in [2.24, 2.45) is 0 Å². The average Bonchev–Trinajstić information content (AvgIpc) is 2.56.